The van der Waals surface area contributed by atoms with Crippen LogP contribution < -0.4 is 5.32 Å². The van der Waals surface area contributed by atoms with E-state index in [1.165, 1.54) is 0 Å². The minimum absolute atomic E-state index is 0.0587. The fourth-order valence-electron chi connectivity index (χ4n) is 3.16. The number of amides is 1. The molecule has 156 valence electrons. The molecule has 0 fully saturated rings. The van der Waals surface area contributed by atoms with Gasteiger partial charge in [0.2, 0.25) is 5.91 Å². The van der Waals surface area contributed by atoms with Crippen LogP contribution in [-0.2, 0) is 17.8 Å². The molecule has 0 spiro atoms. The van der Waals surface area contributed by atoms with Crippen LogP contribution >= 0.6 is 23.2 Å². The van der Waals surface area contributed by atoms with Gasteiger partial charge in [0.1, 0.15) is 5.69 Å². The molecule has 30 heavy (non-hydrogen) atoms. The minimum atomic E-state index is -0.295. The molecule has 0 saturated carbocycles. The van der Waals surface area contributed by atoms with Gasteiger partial charge in [0, 0.05) is 30.1 Å². The average molecular weight is 443 g/mol. The number of hydrogen-bond donors (Lipinski definition) is 1. The third-order valence-electron chi connectivity index (χ3n) is 4.95. The first-order valence-electron chi connectivity index (χ1n) is 9.82. The van der Waals surface area contributed by atoms with E-state index in [1.807, 2.05) is 63.2 Å². The Kier molecular flexibility index (Phi) is 7.40. The van der Waals surface area contributed by atoms with Crippen molar-refractivity contribution in [3.63, 3.8) is 0 Å². The molecule has 1 unspecified atom stereocenters. The maximum absolute atomic E-state index is 13.0. The highest BCUT2D eigenvalue weighted by Crippen LogP contribution is 2.26. The highest BCUT2D eigenvalue weighted by molar-refractivity contribution is 6.32. The molecular weight excluding hydrogens is 419 g/mol. The molecule has 0 radical (unpaired) electrons. The molecule has 1 N–H and O–H groups in total. The zero-order valence-electron chi connectivity index (χ0n) is 17.2. The van der Waals surface area contributed by atoms with Gasteiger partial charge in [-0.2, -0.15) is 0 Å². The Morgan fingerprint density at radius 3 is 2.47 bits per heavy atom. The third kappa shape index (κ3) is 5.35. The number of pyridine rings is 1. The number of halogens is 2. The second kappa shape index (κ2) is 10.0. The fraction of sp³-hybridized carbons (Fsp3) is 0.304. The lowest BCUT2D eigenvalue weighted by Gasteiger charge is -2.21. The number of nitrogens with one attached hydrogen (secondary N) is 1. The third-order valence-corrected chi connectivity index (χ3v) is 5.81. The second-order valence-corrected chi connectivity index (χ2v) is 8.26. The quantitative estimate of drug-likeness (QED) is 0.539. The van der Waals surface area contributed by atoms with Crippen LogP contribution in [0.4, 0.5) is 0 Å². The standard InChI is InChI=1S/C23H24Cl2N4O/c1-14(2)17(23(30)27-13-16-8-4-5-9-18(16)24)12-20-21(25)15(3)28-22(29-20)19-10-6-7-11-26-19/h4-11,14,17H,12-13H2,1-3H3,(H,27,30). The number of rotatable bonds is 7. The second-order valence-electron chi connectivity index (χ2n) is 7.47. The van der Waals surface area contributed by atoms with Crippen molar-refractivity contribution < 1.29 is 4.79 Å². The van der Waals surface area contributed by atoms with Crippen LogP contribution in [0.15, 0.2) is 48.7 Å². The number of nitrogens with zero attached hydrogens (tertiary/aromatic N) is 3. The topological polar surface area (TPSA) is 67.8 Å². The zero-order chi connectivity index (χ0) is 21.7. The summed E-state index contributed by atoms with van der Waals surface area (Å²) >= 11 is 12.7. The Balaban J connectivity index is 1.81. The summed E-state index contributed by atoms with van der Waals surface area (Å²) < 4.78 is 0. The van der Waals surface area contributed by atoms with Crippen LogP contribution in [0.5, 0.6) is 0 Å². The summed E-state index contributed by atoms with van der Waals surface area (Å²) in [5.41, 5.74) is 2.86. The molecule has 0 aliphatic heterocycles. The largest absolute Gasteiger partial charge is 0.352 e. The van der Waals surface area contributed by atoms with E-state index in [9.17, 15) is 4.79 Å². The molecule has 1 aromatic carbocycles. The van der Waals surface area contributed by atoms with E-state index in [-0.39, 0.29) is 17.7 Å². The maximum Gasteiger partial charge on any atom is 0.224 e. The summed E-state index contributed by atoms with van der Waals surface area (Å²) in [6.07, 6.45) is 2.11. The zero-order valence-corrected chi connectivity index (χ0v) is 18.7. The molecule has 1 atom stereocenters. The van der Waals surface area contributed by atoms with Gasteiger partial charge in [-0.3, -0.25) is 9.78 Å². The van der Waals surface area contributed by atoms with Crippen molar-refractivity contribution in [2.75, 3.05) is 0 Å². The molecule has 2 heterocycles. The normalized spacial score (nSPS) is 12.1. The Morgan fingerprint density at radius 1 is 1.07 bits per heavy atom. The van der Waals surface area contributed by atoms with Gasteiger partial charge in [-0.25, -0.2) is 9.97 Å². The van der Waals surface area contributed by atoms with Crippen LogP contribution in [0.2, 0.25) is 10.0 Å². The van der Waals surface area contributed by atoms with E-state index in [0.29, 0.717) is 45.9 Å². The van der Waals surface area contributed by atoms with Gasteiger partial charge in [-0.1, -0.05) is 61.3 Å². The van der Waals surface area contributed by atoms with Gasteiger partial charge in [0.05, 0.1) is 16.4 Å². The first kappa shape index (κ1) is 22.2. The van der Waals surface area contributed by atoms with Gasteiger partial charge >= 0.3 is 0 Å². The van der Waals surface area contributed by atoms with E-state index in [1.54, 1.807) is 6.20 Å². The summed E-state index contributed by atoms with van der Waals surface area (Å²) in [4.78, 5) is 26.4. The molecule has 0 aliphatic rings. The highest BCUT2D eigenvalue weighted by atomic mass is 35.5. The van der Waals surface area contributed by atoms with Crippen molar-refractivity contribution in [2.45, 2.75) is 33.7 Å². The van der Waals surface area contributed by atoms with E-state index in [4.69, 9.17) is 23.2 Å². The molecule has 0 saturated heterocycles. The van der Waals surface area contributed by atoms with Gasteiger partial charge in [-0.05, 0) is 36.6 Å². The van der Waals surface area contributed by atoms with Crippen LogP contribution in [0.25, 0.3) is 11.5 Å². The Labute approximate surface area is 186 Å². The molecule has 5 nitrogen and oxygen atoms in total. The van der Waals surface area contributed by atoms with Crippen molar-refractivity contribution in [1.82, 2.24) is 20.3 Å². The highest BCUT2D eigenvalue weighted by Gasteiger charge is 2.25. The lowest BCUT2D eigenvalue weighted by molar-refractivity contribution is -0.126. The van der Waals surface area contributed by atoms with Gasteiger partial charge in [0.15, 0.2) is 5.82 Å². The monoisotopic (exact) mass is 442 g/mol. The summed E-state index contributed by atoms with van der Waals surface area (Å²) in [6, 6.07) is 13.0. The fourth-order valence-corrected chi connectivity index (χ4v) is 3.52. The van der Waals surface area contributed by atoms with E-state index < -0.39 is 0 Å². The van der Waals surface area contributed by atoms with Crippen molar-refractivity contribution >= 4 is 29.1 Å². The van der Waals surface area contributed by atoms with Crippen molar-refractivity contribution in [1.29, 1.82) is 0 Å². The first-order valence-corrected chi connectivity index (χ1v) is 10.6. The maximum atomic E-state index is 13.0. The van der Waals surface area contributed by atoms with Crippen molar-refractivity contribution in [3.8, 4) is 11.5 Å². The summed E-state index contributed by atoms with van der Waals surface area (Å²) in [7, 11) is 0. The summed E-state index contributed by atoms with van der Waals surface area (Å²) in [5, 5.41) is 4.12. The van der Waals surface area contributed by atoms with Crippen LogP contribution in [0.1, 0.15) is 30.8 Å². The number of benzene rings is 1. The SMILES string of the molecule is Cc1nc(-c2ccccn2)nc(CC(C(=O)NCc2ccccc2Cl)C(C)C)c1Cl. The molecule has 3 aromatic rings. The van der Waals surface area contributed by atoms with Gasteiger partial charge in [-0.15, -0.1) is 0 Å². The lowest BCUT2D eigenvalue weighted by atomic mass is 9.90. The van der Waals surface area contributed by atoms with Gasteiger partial charge < -0.3 is 5.32 Å². The Bertz CT molecular complexity index is 1020. The van der Waals surface area contributed by atoms with E-state index in [2.05, 4.69) is 20.3 Å². The van der Waals surface area contributed by atoms with Crippen LogP contribution in [-0.4, -0.2) is 20.9 Å². The average Bonchev–Trinajstić information content (AvgIpc) is 2.74. The summed E-state index contributed by atoms with van der Waals surface area (Å²) in [5.74, 6) is 0.250. The molecule has 0 aliphatic carbocycles. The predicted octanol–water partition coefficient (Wildman–Crippen LogP) is 5.28. The first-order chi connectivity index (χ1) is 14.4. The molecular formula is C23H24Cl2N4O. The molecule has 2 aromatic heterocycles. The smallest absolute Gasteiger partial charge is 0.224 e. The Hall–Kier alpha value is -2.50. The number of aryl methyl sites for hydroxylation is 1. The number of carbonyl (C=O) groups is 1. The number of aromatic nitrogens is 3. The predicted molar refractivity (Wildman–Crippen MR) is 120 cm³/mol. The van der Waals surface area contributed by atoms with Crippen molar-refractivity contribution in [2.24, 2.45) is 11.8 Å². The summed E-state index contributed by atoms with van der Waals surface area (Å²) in [6.45, 7) is 6.24. The van der Waals surface area contributed by atoms with Crippen LogP contribution in [0, 0.1) is 18.8 Å². The van der Waals surface area contributed by atoms with Crippen LogP contribution in [0.3, 0.4) is 0 Å². The molecule has 3 rings (SSSR count). The lowest BCUT2D eigenvalue weighted by Crippen LogP contribution is -2.35. The Morgan fingerprint density at radius 2 is 1.80 bits per heavy atom. The molecule has 7 heteroatoms. The van der Waals surface area contributed by atoms with E-state index >= 15 is 0 Å². The molecule has 1 amide bonds. The molecule has 0 bridgehead atoms. The number of carbonyl (C=O) groups excluding carboxylic acids is 1. The van der Waals surface area contributed by atoms with E-state index in [0.717, 1.165) is 5.56 Å². The van der Waals surface area contributed by atoms with Crippen molar-refractivity contribution in [3.05, 3.63) is 75.7 Å². The van der Waals surface area contributed by atoms with Gasteiger partial charge in [0.25, 0.3) is 0 Å². The number of hydrogen-bond acceptors (Lipinski definition) is 4. The minimum Gasteiger partial charge on any atom is -0.352 e.